The maximum Gasteiger partial charge on any atom is 0.419 e. The molecule has 0 aromatic heterocycles. The Morgan fingerprint density at radius 3 is 1.96 bits per heavy atom. The summed E-state index contributed by atoms with van der Waals surface area (Å²) >= 11 is 0. The van der Waals surface area contributed by atoms with Crippen molar-refractivity contribution in [3.05, 3.63) is 29.8 Å². The highest BCUT2D eigenvalue weighted by molar-refractivity contribution is 5.88. The van der Waals surface area contributed by atoms with Gasteiger partial charge in [-0.2, -0.15) is 0 Å². The van der Waals surface area contributed by atoms with E-state index < -0.39 is 23.4 Å². The van der Waals surface area contributed by atoms with Gasteiger partial charge in [0.1, 0.15) is 17.0 Å². The smallest absolute Gasteiger partial charge is 0.419 e. The van der Waals surface area contributed by atoms with Crippen LogP contribution in [-0.4, -0.2) is 41.4 Å². The molecule has 0 unspecified atom stereocenters. The van der Waals surface area contributed by atoms with Crippen LogP contribution in [0.3, 0.4) is 0 Å². The molecule has 0 radical (unpaired) electrons. The maximum atomic E-state index is 12.5. The van der Waals surface area contributed by atoms with Gasteiger partial charge >= 0.3 is 12.2 Å². The predicted molar refractivity (Wildman–Crippen MR) is 100 cm³/mol. The molecule has 0 N–H and O–H groups in total. The van der Waals surface area contributed by atoms with Crippen LogP contribution >= 0.6 is 0 Å². The highest BCUT2D eigenvalue weighted by Gasteiger charge is 2.30. The van der Waals surface area contributed by atoms with Crippen LogP contribution in [0.2, 0.25) is 0 Å². The Morgan fingerprint density at radius 2 is 1.50 bits per heavy atom. The van der Waals surface area contributed by atoms with Crippen LogP contribution in [0.15, 0.2) is 24.3 Å². The third-order valence-corrected chi connectivity index (χ3v) is 3.06. The van der Waals surface area contributed by atoms with Crippen molar-refractivity contribution in [1.82, 2.24) is 4.90 Å². The lowest BCUT2D eigenvalue weighted by atomic mass is 10.1. The molecule has 6 nitrogen and oxygen atoms in total. The zero-order valence-electron chi connectivity index (χ0n) is 16.9. The zero-order valence-corrected chi connectivity index (χ0v) is 16.9. The van der Waals surface area contributed by atoms with E-state index in [0.717, 1.165) is 16.2 Å². The topological polar surface area (TPSA) is 65.1 Å². The Hall–Kier alpha value is -2.24. The van der Waals surface area contributed by atoms with Gasteiger partial charge in [-0.1, -0.05) is 12.1 Å². The summed E-state index contributed by atoms with van der Waals surface area (Å²) in [4.78, 5) is 25.9. The van der Waals surface area contributed by atoms with Gasteiger partial charge in [0, 0.05) is 6.54 Å². The van der Waals surface area contributed by atoms with Crippen LogP contribution in [0.4, 0.5) is 9.59 Å². The van der Waals surface area contributed by atoms with E-state index >= 15 is 0 Å². The van der Waals surface area contributed by atoms with Crippen molar-refractivity contribution in [3.63, 3.8) is 0 Å². The van der Waals surface area contributed by atoms with Crippen LogP contribution in [0.1, 0.15) is 54.0 Å². The number of carbonyl (C=O) groups is 2. The molecule has 2 amide bonds. The second kappa shape index (κ2) is 8.92. The van der Waals surface area contributed by atoms with Crippen LogP contribution in [0, 0.1) is 0 Å². The third kappa shape index (κ3) is 8.23. The number of imide groups is 1. The normalized spacial score (nSPS) is 11.7. The van der Waals surface area contributed by atoms with Crippen molar-refractivity contribution in [1.29, 1.82) is 0 Å². The minimum Gasteiger partial charge on any atom is -0.494 e. The lowest BCUT2D eigenvalue weighted by molar-refractivity contribution is 0.00171. The van der Waals surface area contributed by atoms with Gasteiger partial charge in [-0.3, -0.25) is 0 Å². The van der Waals surface area contributed by atoms with Gasteiger partial charge in [0.15, 0.2) is 0 Å². The molecule has 0 heterocycles. The summed E-state index contributed by atoms with van der Waals surface area (Å²) in [7, 11) is 0. The molecule has 0 aliphatic rings. The van der Waals surface area contributed by atoms with Gasteiger partial charge in [0.2, 0.25) is 0 Å². The SMILES string of the molecule is CCOc1cccc(CCN(C(=O)OC(C)(C)C)C(=O)OC(C)(C)C)c1. The third-order valence-electron chi connectivity index (χ3n) is 3.06. The summed E-state index contributed by atoms with van der Waals surface area (Å²) in [5.74, 6) is 0.756. The fraction of sp³-hybridized carbons (Fsp3) is 0.600. The summed E-state index contributed by atoms with van der Waals surface area (Å²) in [6.07, 6.45) is -0.959. The summed E-state index contributed by atoms with van der Waals surface area (Å²) in [6, 6.07) is 7.56. The molecule has 26 heavy (non-hydrogen) atoms. The van der Waals surface area contributed by atoms with Crippen molar-refractivity contribution in [2.75, 3.05) is 13.2 Å². The number of nitrogens with zero attached hydrogens (tertiary/aromatic N) is 1. The molecule has 146 valence electrons. The van der Waals surface area contributed by atoms with Gasteiger partial charge in [-0.15, -0.1) is 0 Å². The second-order valence-electron chi connectivity index (χ2n) is 7.94. The number of hydrogen-bond donors (Lipinski definition) is 0. The fourth-order valence-electron chi connectivity index (χ4n) is 2.09. The molecule has 0 saturated heterocycles. The fourth-order valence-corrected chi connectivity index (χ4v) is 2.09. The molecule has 1 aromatic carbocycles. The number of carbonyl (C=O) groups excluding carboxylic acids is 2. The Kier molecular flexibility index (Phi) is 7.48. The number of ether oxygens (including phenoxy) is 3. The van der Waals surface area contributed by atoms with E-state index in [2.05, 4.69) is 0 Å². The lowest BCUT2D eigenvalue weighted by Gasteiger charge is -2.28. The first-order chi connectivity index (χ1) is 11.9. The molecule has 6 heteroatoms. The van der Waals surface area contributed by atoms with E-state index in [9.17, 15) is 9.59 Å². The largest absolute Gasteiger partial charge is 0.494 e. The molecule has 0 fully saturated rings. The van der Waals surface area contributed by atoms with Crippen molar-refractivity contribution in [2.45, 2.75) is 66.1 Å². The Morgan fingerprint density at radius 1 is 0.962 bits per heavy atom. The molecule has 0 aliphatic heterocycles. The highest BCUT2D eigenvalue weighted by atomic mass is 16.6. The molecule has 1 aromatic rings. The van der Waals surface area contributed by atoms with Crippen molar-refractivity contribution in [3.8, 4) is 5.75 Å². The number of benzene rings is 1. The molecule has 0 atom stereocenters. The van der Waals surface area contributed by atoms with Gasteiger partial charge in [-0.25, -0.2) is 14.5 Å². The highest BCUT2D eigenvalue weighted by Crippen LogP contribution is 2.17. The Labute approximate surface area is 156 Å². The van der Waals surface area contributed by atoms with E-state index in [1.165, 1.54) is 0 Å². The van der Waals surface area contributed by atoms with Gasteiger partial charge < -0.3 is 14.2 Å². The maximum absolute atomic E-state index is 12.5. The average Bonchev–Trinajstić information content (AvgIpc) is 2.44. The van der Waals surface area contributed by atoms with Gasteiger partial charge in [0.05, 0.1) is 6.61 Å². The van der Waals surface area contributed by atoms with Gasteiger partial charge in [-0.05, 0) is 72.6 Å². The first-order valence-corrected chi connectivity index (χ1v) is 8.86. The second-order valence-corrected chi connectivity index (χ2v) is 7.94. The first kappa shape index (κ1) is 21.8. The van der Waals surface area contributed by atoms with Crippen LogP contribution in [0.25, 0.3) is 0 Å². The van der Waals surface area contributed by atoms with Crippen molar-refractivity contribution in [2.24, 2.45) is 0 Å². The van der Waals surface area contributed by atoms with E-state index in [-0.39, 0.29) is 6.54 Å². The average molecular weight is 365 g/mol. The molecule has 0 bridgehead atoms. The summed E-state index contributed by atoms with van der Waals surface area (Å²) in [5.41, 5.74) is -0.452. The summed E-state index contributed by atoms with van der Waals surface area (Å²) < 4.78 is 16.2. The number of rotatable bonds is 5. The van der Waals surface area contributed by atoms with Crippen LogP contribution in [0.5, 0.6) is 5.75 Å². The number of amides is 2. The van der Waals surface area contributed by atoms with Crippen molar-refractivity contribution >= 4 is 12.2 Å². The molecule has 0 saturated carbocycles. The van der Waals surface area contributed by atoms with Crippen molar-refractivity contribution < 1.29 is 23.8 Å². The molecule has 0 aliphatic carbocycles. The molecular formula is C20H31NO5. The van der Waals surface area contributed by atoms with Crippen LogP contribution < -0.4 is 4.74 Å². The first-order valence-electron chi connectivity index (χ1n) is 8.86. The van der Waals surface area contributed by atoms with E-state index in [1.54, 1.807) is 41.5 Å². The van der Waals surface area contributed by atoms with Gasteiger partial charge in [0.25, 0.3) is 0 Å². The molecule has 0 spiro atoms. The Bertz CT molecular complexity index is 585. The summed E-state index contributed by atoms with van der Waals surface area (Å²) in [5, 5.41) is 0. The zero-order chi connectivity index (χ0) is 20.0. The molecular weight excluding hydrogens is 334 g/mol. The van der Waals surface area contributed by atoms with Crippen LogP contribution in [-0.2, 0) is 15.9 Å². The monoisotopic (exact) mass is 365 g/mol. The lowest BCUT2D eigenvalue weighted by Crippen LogP contribution is -2.44. The predicted octanol–water partition coefficient (Wildman–Crippen LogP) is 4.80. The number of hydrogen-bond acceptors (Lipinski definition) is 5. The van der Waals surface area contributed by atoms with E-state index in [4.69, 9.17) is 14.2 Å². The van der Waals surface area contributed by atoms with E-state index in [0.29, 0.717) is 13.0 Å². The quantitative estimate of drug-likeness (QED) is 0.750. The minimum atomic E-state index is -0.715. The van der Waals surface area contributed by atoms with E-state index in [1.807, 2.05) is 31.2 Å². The standard InChI is InChI=1S/C20H31NO5/c1-8-24-16-11-9-10-15(14-16)12-13-21(17(22)25-19(2,3)4)18(23)26-20(5,6)7/h9-11,14H,8,12-13H2,1-7H3. The Balaban J connectivity index is 2.89. The molecule has 1 rings (SSSR count). The summed E-state index contributed by atoms with van der Waals surface area (Å²) in [6.45, 7) is 13.2. The minimum absolute atomic E-state index is 0.152.